The summed E-state index contributed by atoms with van der Waals surface area (Å²) in [6.45, 7) is -0.401. The zero-order valence-corrected chi connectivity index (χ0v) is 12.5. The third kappa shape index (κ3) is 4.71. The summed E-state index contributed by atoms with van der Waals surface area (Å²) >= 11 is 5.75. The van der Waals surface area contributed by atoms with Gasteiger partial charge in [0.25, 0.3) is 0 Å². The van der Waals surface area contributed by atoms with Gasteiger partial charge < -0.3 is 9.52 Å². The van der Waals surface area contributed by atoms with Crippen molar-refractivity contribution < 1.29 is 17.9 Å². The average molecular weight is 328 g/mol. The second-order valence-corrected chi connectivity index (χ2v) is 6.30. The first-order valence-electron chi connectivity index (χ1n) is 6.10. The van der Waals surface area contributed by atoms with E-state index in [1.54, 1.807) is 36.4 Å². The lowest BCUT2D eigenvalue weighted by Gasteiger charge is -2.12. The molecule has 5 nitrogen and oxygen atoms in total. The molecule has 0 aliphatic heterocycles. The number of halogens is 1. The van der Waals surface area contributed by atoms with E-state index in [0.717, 1.165) is 5.41 Å². The smallest absolute Gasteiger partial charge is 0.234 e. The second kappa shape index (κ2) is 6.91. The van der Waals surface area contributed by atoms with Crippen LogP contribution in [0.25, 0.3) is 6.08 Å². The zero-order valence-electron chi connectivity index (χ0n) is 10.9. The van der Waals surface area contributed by atoms with E-state index in [-0.39, 0.29) is 0 Å². The van der Waals surface area contributed by atoms with Gasteiger partial charge in [0.2, 0.25) is 10.0 Å². The number of hydrogen-bond donors (Lipinski definition) is 2. The molecule has 1 aromatic heterocycles. The van der Waals surface area contributed by atoms with Gasteiger partial charge in [0.1, 0.15) is 11.8 Å². The molecule has 0 aliphatic carbocycles. The van der Waals surface area contributed by atoms with Crippen molar-refractivity contribution in [2.75, 3.05) is 6.61 Å². The molecule has 0 saturated heterocycles. The normalized spacial score (nSPS) is 13.6. The van der Waals surface area contributed by atoms with Crippen LogP contribution in [0.2, 0.25) is 5.02 Å². The number of nitrogens with one attached hydrogen (secondary N) is 1. The number of benzene rings is 1. The molecule has 1 aromatic carbocycles. The van der Waals surface area contributed by atoms with E-state index in [1.807, 2.05) is 0 Å². The van der Waals surface area contributed by atoms with Gasteiger partial charge in [-0.15, -0.1) is 0 Å². The third-order valence-corrected chi connectivity index (χ3v) is 4.04. The molecule has 21 heavy (non-hydrogen) atoms. The monoisotopic (exact) mass is 327 g/mol. The van der Waals surface area contributed by atoms with Gasteiger partial charge in [-0.2, -0.15) is 4.72 Å². The van der Waals surface area contributed by atoms with Crippen molar-refractivity contribution in [3.05, 3.63) is 64.4 Å². The fourth-order valence-electron chi connectivity index (χ4n) is 1.65. The van der Waals surface area contributed by atoms with E-state index in [1.165, 1.54) is 12.3 Å². The summed E-state index contributed by atoms with van der Waals surface area (Å²) in [5, 5.41) is 10.9. The maximum Gasteiger partial charge on any atom is 0.234 e. The lowest BCUT2D eigenvalue weighted by molar-refractivity contribution is 0.242. The first kappa shape index (κ1) is 15.8. The standard InChI is InChI=1S/C14H14ClNO4S/c15-12-5-3-11(4-6-12)7-9-21(18,19)16-13(10-17)14-2-1-8-20-14/h1-9,13,16-17H,10H2/b9-7+. The van der Waals surface area contributed by atoms with Gasteiger partial charge in [-0.05, 0) is 35.9 Å². The van der Waals surface area contributed by atoms with Crippen LogP contribution >= 0.6 is 11.6 Å². The molecule has 2 rings (SSSR count). The minimum absolute atomic E-state index is 0.348. The number of aliphatic hydroxyl groups is 1. The highest BCUT2D eigenvalue weighted by molar-refractivity contribution is 7.92. The number of sulfonamides is 1. The minimum Gasteiger partial charge on any atom is -0.468 e. The Morgan fingerprint density at radius 1 is 1.29 bits per heavy atom. The van der Waals surface area contributed by atoms with Crippen LogP contribution in [0.15, 0.2) is 52.5 Å². The molecule has 0 aliphatic rings. The predicted octanol–water partition coefficient (Wildman–Crippen LogP) is 2.56. The largest absolute Gasteiger partial charge is 0.468 e. The Morgan fingerprint density at radius 2 is 2.00 bits per heavy atom. The van der Waals surface area contributed by atoms with Crippen LogP contribution in [0.1, 0.15) is 17.4 Å². The van der Waals surface area contributed by atoms with Crippen LogP contribution in [-0.4, -0.2) is 20.1 Å². The molecular weight excluding hydrogens is 314 g/mol. The molecule has 2 aromatic rings. The number of furan rings is 1. The van der Waals surface area contributed by atoms with E-state index < -0.39 is 22.7 Å². The highest BCUT2D eigenvalue weighted by atomic mass is 35.5. The van der Waals surface area contributed by atoms with Gasteiger partial charge >= 0.3 is 0 Å². The highest BCUT2D eigenvalue weighted by Gasteiger charge is 2.18. The molecule has 7 heteroatoms. The molecule has 112 valence electrons. The lowest BCUT2D eigenvalue weighted by atomic mass is 10.2. The van der Waals surface area contributed by atoms with Crippen molar-refractivity contribution in [1.82, 2.24) is 4.72 Å². The zero-order chi connectivity index (χ0) is 15.3. The third-order valence-electron chi connectivity index (χ3n) is 2.69. The summed E-state index contributed by atoms with van der Waals surface area (Å²) in [6, 6.07) is 9.12. The first-order valence-corrected chi connectivity index (χ1v) is 8.03. The van der Waals surface area contributed by atoms with Crippen molar-refractivity contribution in [2.24, 2.45) is 0 Å². The van der Waals surface area contributed by atoms with E-state index in [0.29, 0.717) is 16.3 Å². The maximum atomic E-state index is 12.0. The topological polar surface area (TPSA) is 79.5 Å². The van der Waals surface area contributed by atoms with Crippen LogP contribution in [0.5, 0.6) is 0 Å². The Balaban J connectivity index is 2.09. The van der Waals surface area contributed by atoms with Crippen LogP contribution in [0.4, 0.5) is 0 Å². The Morgan fingerprint density at radius 3 is 2.57 bits per heavy atom. The van der Waals surface area contributed by atoms with Crippen molar-refractivity contribution >= 4 is 27.7 Å². The molecule has 2 N–H and O–H groups in total. The molecule has 0 spiro atoms. The van der Waals surface area contributed by atoms with Crippen molar-refractivity contribution in [3.8, 4) is 0 Å². The van der Waals surface area contributed by atoms with Gasteiger partial charge in [0, 0.05) is 10.4 Å². The molecule has 1 atom stereocenters. The summed E-state index contributed by atoms with van der Waals surface area (Å²) < 4.78 is 31.3. The molecule has 0 amide bonds. The van der Waals surface area contributed by atoms with Crippen LogP contribution in [0, 0.1) is 0 Å². The molecule has 0 fully saturated rings. The van der Waals surface area contributed by atoms with E-state index in [9.17, 15) is 13.5 Å². The second-order valence-electron chi connectivity index (χ2n) is 4.27. The van der Waals surface area contributed by atoms with E-state index in [4.69, 9.17) is 16.0 Å². The van der Waals surface area contributed by atoms with Crippen LogP contribution in [-0.2, 0) is 10.0 Å². The van der Waals surface area contributed by atoms with Crippen LogP contribution in [0.3, 0.4) is 0 Å². The Kier molecular flexibility index (Phi) is 5.19. The fourth-order valence-corrected chi connectivity index (χ4v) is 2.78. The minimum atomic E-state index is -3.71. The molecule has 1 heterocycles. The molecule has 0 radical (unpaired) electrons. The highest BCUT2D eigenvalue weighted by Crippen LogP contribution is 2.15. The summed E-state index contributed by atoms with van der Waals surface area (Å²) in [5.41, 5.74) is 0.698. The summed E-state index contributed by atoms with van der Waals surface area (Å²) in [4.78, 5) is 0. The summed E-state index contributed by atoms with van der Waals surface area (Å²) in [5.74, 6) is 0.348. The Hall–Kier alpha value is -1.60. The van der Waals surface area contributed by atoms with Gasteiger partial charge in [0.15, 0.2) is 0 Å². The van der Waals surface area contributed by atoms with Crippen LogP contribution < -0.4 is 4.72 Å². The van der Waals surface area contributed by atoms with Crippen molar-refractivity contribution in [3.63, 3.8) is 0 Å². The maximum absolute atomic E-state index is 12.0. The summed E-state index contributed by atoms with van der Waals surface area (Å²) in [7, 11) is -3.71. The lowest BCUT2D eigenvalue weighted by Crippen LogP contribution is -2.28. The fraction of sp³-hybridized carbons (Fsp3) is 0.143. The van der Waals surface area contributed by atoms with Crippen molar-refractivity contribution in [2.45, 2.75) is 6.04 Å². The molecular formula is C14H14ClNO4S. The number of hydrogen-bond acceptors (Lipinski definition) is 4. The molecule has 0 bridgehead atoms. The average Bonchev–Trinajstić information content (AvgIpc) is 2.98. The SMILES string of the molecule is O=S(=O)(/C=C/c1ccc(Cl)cc1)NC(CO)c1ccco1. The Labute approximate surface area is 127 Å². The number of rotatable bonds is 6. The first-order chi connectivity index (χ1) is 10.00. The van der Waals surface area contributed by atoms with Gasteiger partial charge in [-0.1, -0.05) is 23.7 Å². The predicted molar refractivity (Wildman–Crippen MR) is 81.1 cm³/mol. The quantitative estimate of drug-likeness (QED) is 0.854. The van der Waals surface area contributed by atoms with E-state index >= 15 is 0 Å². The number of aliphatic hydroxyl groups excluding tert-OH is 1. The van der Waals surface area contributed by atoms with Gasteiger partial charge in [-0.3, -0.25) is 0 Å². The van der Waals surface area contributed by atoms with Crippen molar-refractivity contribution in [1.29, 1.82) is 0 Å². The molecule has 1 unspecified atom stereocenters. The van der Waals surface area contributed by atoms with E-state index in [2.05, 4.69) is 4.72 Å². The van der Waals surface area contributed by atoms with Gasteiger partial charge in [0.05, 0.1) is 12.9 Å². The van der Waals surface area contributed by atoms with Gasteiger partial charge in [-0.25, -0.2) is 8.42 Å². The Bertz CT molecular complexity index is 693. The summed E-state index contributed by atoms with van der Waals surface area (Å²) in [6.07, 6.45) is 2.85. The molecule has 0 saturated carbocycles.